The van der Waals surface area contributed by atoms with E-state index in [1.54, 1.807) is 6.92 Å². The van der Waals surface area contributed by atoms with Crippen LogP contribution in [0.25, 0.3) is 0 Å². The number of halogens is 1. The van der Waals surface area contributed by atoms with E-state index >= 15 is 0 Å². The van der Waals surface area contributed by atoms with Crippen LogP contribution in [0.1, 0.15) is 28.2 Å². The van der Waals surface area contributed by atoms with Gasteiger partial charge in [0.05, 0.1) is 0 Å². The van der Waals surface area contributed by atoms with Crippen LogP contribution in [0.3, 0.4) is 0 Å². The number of thiophene rings is 1. The zero-order chi connectivity index (χ0) is 15.6. The third-order valence-electron chi connectivity index (χ3n) is 2.74. The van der Waals surface area contributed by atoms with Crippen molar-refractivity contribution in [3.63, 3.8) is 0 Å². The standard InChI is InChI=1S/C13H12BrNO4S2/c1-8(9-3-2-4-10(14)7-9)15-21(18,19)12-6-5-11(20-12)13(16)17/h2-8,15H,1H3,(H,16,17)/t8-/m1/s1. The van der Waals surface area contributed by atoms with E-state index in [9.17, 15) is 13.2 Å². The molecule has 2 rings (SSSR count). The van der Waals surface area contributed by atoms with E-state index in [1.807, 2.05) is 24.3 Å². The Morgan fingerprint density at radius 1 is 1.33 bits per heavy atom. The Morgan fingerprint density at radius 3 is 2.62 bits per heavy atom. The number of hydrogen-bond acceptors (Lipinski definition) is 4. The first-order chi connectivity index (χ1) is 9.79. The first kappa shape index (κ1) is 16.2. The third kappa shape index (κ3) is 3.91. The van der Waals surface area contributed by atoms with Crippen molar-refractivity contribution < 1.29 is 18.3 Å². The molecule has 1 aromatic heterocycles. The number of carboxylic acids is 1. The van der Waals surface area contributed by atoms with E-state index in [4.69, 9.17) is 5.11 Å². The molecule has 0 unspecified atom stereocenters. The van der Waals surface area contributed by atoms with Crippen molar-refractivity contribution in [2.45, 2.75) is 17.2 Å². The van der Waals surface area contributed by atoms with Crippen molar-refractivity contribution in [2.75, 3.05) is 0 Å². The van der Waals surface area contributed by atoms with E-state index < -0.39 is 22.0 Å². The molecule has 0 aliphatic heterocycles. The van der Waals surface area contributed by atoms with Gasteiger partial charge in [0.2, 0.25) is 0 Å². The van der Waals surface area contributed by atoms with Gasteiger partial charge in [0.1, 0.15) is 9.09 Å². The Balaban J connectivity index is 2.22. The molecule has 8 heteroatoms. The summed E-state index contributed by atoms with van der Waals surface area (Å²) < 4.78 is 27.8. The highest BCUT2D eigenvalue weighted by atomic mass is 79.9. The minimum Gasteiger partial charge on any atom is -0.477 e. The number of nitrogens with one attached hydrogen (secondary N) is 1. The van der Waals surface area contributed by atoms with Crippen molar-refractivity contribution in [2.24, 2.45) is 0 Å². The molecule has 0 saturated carbocycles. The molecular formula is C13H12BrNO4S2. The second-order valence-electron chi connectivity index (χ2n) is 4.32. The molecule has 0 fully saturated rings. The molecular weight excluding hydrogens is 378 g/mol. The largest absolute Gasteiger partial charge is 0.477 e. The smallest absolute Gasteiger partial charge is 0.345 e. The van der Waals surface area contributed by atoms with Gasteiger partial charge in [-0.25, -0.2) is 17.9 Å². The summed E-state index contributed by atoms with van der Waals surface area (Å²) in [5.41, 5.74) is 0.808. The van der Waals surface area contributed by atoms with Crippen molar-refractivity contribution in [1.29, 1.82) is 0 Å². The Labute approximate surface area is 134 Å². The van der Waals surface area contributed by atoms with E-state index in [1.165, 1.54) is 12.1 Å². The normalized spacial score (nSPS) is 13.0. The summed E-state index contributed by atoms with van der Waals surface area (Å²) in [7, 11) is -3.74. The highest BCUT2D eigenvalue weighted by Crippen LogP contribution is 2.24. The molecule has 0 spiro atoms. The molecule has 2 aromatic rings. The van der Waals surface area contributed by atoms with Crippen LogP contribution in [0.4, 0.5) is 0 Å². The minimum atomic E-state index is -3.74. The molecule has 0 amide bonds. The van der Waals surface area contributed by atoms with Gasteiger partial charge in [-0.15, -0.1) is 11.3 Å². The first-order valence-electron chi connectivity index (χ1n) is 5.90. The fourth-order valence-electron chi connectivity index (χ4n) is 1.71. The highest BCUT2D eigenvalue weighted by molar-refractivity contribution is 9.10. The second-order valence-corrected chi connectivity index (χ2v) is 8.26. The van der Waals surface area contributed by atoms with Gasteiger partial charge in [0.25, 0.3) is 10.0 Å². The molecule has 0 aliphatic rings. The second kappa shape index (κ2) is 6.27. The fraction of sp³-hybridized carbons (Fsp3) is 0.154. The summed E-state index contributed by atoms with van der Waals surface area (Å²) in [4.78, 5) is 10.8. The molecule has 0 radical (unpaired) electrons. The molecule has 1 heterocycles. The van der Waals surface area contributed by atoms with Crippen LogP contribution < -0.4 is 4.72 Å². The molecule has 21 heavy (non-hydrogen) atoms. The molecule has 0 aliphatic carbocycles. The number of sulfonamides is 1. The number of hydrogen-bond donors (Lipinski definition) is 2. The predicted octanol–water partition coefficient (Wildman–Crippen LogP) is 3.25. The van der Waals surface area contributed by atoms with Gasteiger partial charge in [0.15, 0.2) is 0 Å². The summed E-state index contributed by atoms with van der Waals surface area (Å²) >= 11 is 4.06. The van der Waals surface area contributed by atoms with E-state index in [2.05, 4.69) is 20.7 Å². The van der Waals surface area contributed by atoms with Crippen molar-refractivity contribution in [3.8, 4) is 0 Å². The van der Waals surface area contributed by atoms with Crippen LogP contribution in [0.2, 0.25) is 0 Å². The van der Waals surface area contributed by atoms with Crippen LogP contribution in [0.15, 0.2) is 45.1 Å². The maximum atomic E-state index is 12.2. The van der Waals surface area contributed by atoms with Crippen LogP contribution in [0, 0.1) is 0 Å². The number of rotatable bonds is 5. The average molecular weight is 390 g/mol. The van der Waals surface area contributed by atoms with Gasteiger partial charge in [0, 0.05) is 10.5 Å². The SMILES string of the molecule is C[C@@H](NS(=O)(=O)c1ccc(C(=O)O)s1)c1cccc(Br)c1. The maximum Gasteiger partial charge on any atom is 0.345 e. The Bertz CT molecular complexity index is 770. The predicted molar refractivity (Wildman–Crippen MR) is 84.2 cm³/mol. The van der Waals surface area contributed by atoms with Crippen molar-refractivity contribution in [3.05, 3.63) is 51.3 Å². The summed E-state index contributed by atoms with van der Waals surface area (Å²) in [6, 6.07) is 9.46. The topological polar surface area (TPSA) is 83.5 Å². The van der Waals surface area contributed by atoms with E-state index in [-0.39, 0.29) is 9.09 Å². The van der Waals surface area contributed by atoms with Gasteiger partial charge in [-0.1, -0.05) is 28.1 Å². The van der Waals surface area contributed by atoms with Crippen molar-refractivity contribution in [1.82, 2.24) is 4.72 Å². The van der Waals surface area contributed by atoms with Crippen LogP contribution in [-0.4, -0.2) is 19.5 Å². The number of carboxylic acid groups (broad SMARTS) is 1. The molecule has 0 saturated heterocycles. The van der Waals surface area contributed by atoms with Crippen LogP contribution >= 0.6 is 27.3 Å². The minimum absolute atomic E-state index is 0.00881. The van der Waals surface area contributed by atoms with Gasteiger partial charge in [-0.05, 0) is 36.8 Å². The Kier molecular flexibility index (Phi) is 4.82. The molecule has 112 valence electrons. The van der Waals surface area contributed by atoms with Gasteiger partial charge < -0.3 is 5.11 Å². The first-order valence-corrected chi connectivity index (χ1v) is 9.00. The van der Waals surface area contributed by atoms with Gasteiger partial charge in [-0.2, -0.15) is 0 Å². The average Bonchev–Trinajstić information content (AvgIpc) is 2.88. The lowest BCUT2D eigenvalue weighted by atomic mass is 10.1. The Hall–Kier alpha value is -1.22. The van der Waals surface area contributed by atoms with Gasteiger partial charge in [-0.3, -0.25) is 0 Å². The summed E-state index contributed by atoms with van der Waals surface area (Å²) in [6.07, 6.45) is 0. The molecule has 0 bridgehead atoms. The number of benzene rings is 1. The Morgan fingerprint density at radius 2 is 2.05 bits per heavy atom. The quantitative estimate of drug-likeness (QED) is 0.821. The monoisotopic (exact) mass is 389 g/mol. The highest BCUT2D eigenvalue weighted by Gasteiger charge is 2.21. The van der Waals surface area contributed by atoms with Crippen LogP contribution in [0.5, 0.6) is 0 Å². The number of carbonyl (C=O) groups is 1. The number of aromatic carboxylic acids is 1. The molecule has 1 atom stereocenters. The fourth-order valence-corrected chi connectivity index (χ4v) is 4.52. The zero-order valence-corrected chi connectivity index (χ0v) is 14.1. The van der Waals surface area contributed by atoms with Crippen LogP contribution in [-0.2, 0) is 10.0 Å². The lowest BCUT2D eigenvalue weighted by Gasteiger charge is -2.14. The summed E-state index contributed by atoms with van der Waals surface area (Å²) in [5.74, 6) is -1.14. The third-order valence-corrected chi connectivity index (χ3v) is 6.34. The lowest BCUT2D eigenvalue weighted by Crippen LogP contribution is -2.26. The van der Waals surface area contributed by atoms with E-state index in [0.29, 0.717) is 0 Å². The molecule has 1 aromatic carbocycles. The molecule has 2 N–H and O–H groups in total. The lowest BCUT2D eigenvalue weighted by molar-refractivity contribution is 0.0702. The maximum absolute atomic E-state index is 12.2. The van der Waals surface area contributed by atoms with Crippen molar-refractivity contribution >= 4 is 43.3 Å². The summed E-state index contributed by atoms with van der Waals surface area (Å²) in [5, 5.41) is 8.84. The van der Waals surface area contributed by atoms with E-state index in [0.717, 1.165) is 21.4 Å². The summed E-state index contributed by atoms with van der Waals surface area (Å²) in [6.45, 7) is 1.73. The van der Waals surface area contributed by atoms with Gasteiger partial charge >= 0.3 is 5.97 Å². The molecule has 5 nitrogen and oxygen atoms in total. The zero-order valence-electron chi connectivity index (χ0n) is 10.9.